The van der Waals surface area contributed by atoms with Gasteiger partial charge in [0.2, 0.25) is 5.95 Å². The topological polar surface area (TPSA) is 116 Å². The fourth-order valence-corrected chi connectivity index (χ4v) is 8.14. The number of nitrogens with zero attached hydrogens (tertiary/aromatic N) is 4. The number of benzene rings is 1. The Morgan fingerprint density at radius 2 is 1.89 bits per heavy atom. The van der Waals surface area contributed by atoms with Gasteiger partial charge >= 0.3 is 0 Å². The Balaban J connectivity index is 1.13. The molecule has 0 spiro atoms. The number of sulfone groups is 1. The van der Waals surface area contributed by atoms with Gasteiger partial charge in [-0.25, -0.2) is 22.8 Å². The van der Waals surface area contributed by atoms with Crippen LogP contribution in [0.1, 0.15) is 49.5 Å². The average molecular weight is 544 g/mol. The molecule has 4 aliphatic carbocycles. The highest BCUT2D eigenvalue weighted by atomic mass is 32.2. The van der Waals surface area contributed by atoms with Gasteiger partial charge in [0.05, 0.1) is 16.2 Å². The van der Waals surface area contributed by atoms with Crippen LogP contribution in [0.2, 0.25) is 0 Å². The van der Waals surface area contributed by atoms with Crippen molar-refractivity contribution >= 4 is 27.4 Å². The van der Waals surface area contributed by atoms with E-state index < -0.39 is 21.3 Å². The molecular formula is C27H34FN5O4S. The molecule has 11 heteroatoms. The second kappa shape index (κ2) is 9.15. The predicted octanol–water partition coefficient (Wildman–Crippen LogP) is 2.40. The number of carbonyl (C=O) groups excluding carboxylic acids is 1. The minimum absolute atomic E-state index is 0.0431. The Morgan fingerprint density at radius 1 is 1.16 bits per heavy atom. The SMILES string of the molecule is C[C@H]1CN(c2ccc(S(C)(=O)=O)cc2F)CCN1c1nccc(C(=O)NC2C3CC4CC2CC(O)(C4)C3)n1. The number of amides is 1. The van der Waals surface area contributed by atoms with Crippen LogP contribution in [0.4, 0.5) is 16.0 Å². The molecule has 3 atom stereocenters. The van der Waals surface area contributed by atoms with Gasteiger partial charge in [-0.15, -0.1) is 0 Å². The zero-order valence-electron chi connectivity index (χ0n) is 21.7. The zero-order chi connectivity index (χ0) is 26.8. The molecule has 2 aromatic rings. The summed E-state index contributed by atoms with van der Waals surface area (Å²) in [7, 11) is -3.48. The molecule has 1 aromatic carbocycles. The maximum absolute atomic E-state index is 14.8. The second-order valence-corrected chi connectivity index (χ2v) is 13.8. The molecule has 1 aromatic heterocycles. The number of halogens is 1. The molecule has 2 unspecified atom stereocenters. The number of hydrogen-bond acceptors (Lipinski definition) is 8. The summed E-state index contributed by atoms with van der Waals surface area (Å²) in [6, 6.07) is 5.64. The Morgan fingerprint density at radius 3 is 2.53 bits per heavy atom. The number of aromatic nitrogens is 2. The van der Waals surface area contributed by atoms with Crippen molar-refractivity contribution in [2.24, 2.45) is 17.8 Å². The summed E-state index contributed by atoms with van der Waals surface area (Å²) in [6.45, 7) is 3.50. The van der Waals surface area contributed by atoms with Crippen molar-refractivity contribution in [1.29, 1.82) is 0 Å². The van der Waals surface area contributed by atoms with Gasteiger partial charge in [0, 0.05) is 44.2 Å². The van der Waals surface area contributed by atoms with E-state index >= 15 is 0 Å². The fraction of sp³-hybridized carbons (Fsp3) is 0.593. The fourth-order valence-electron chi connectivity index (χ4n) is 7.50. The lowest BCUT2D eigenvalue weighted by Crippen LogP contribution is -2.61. The lowest BCUT2D eigenvalue weighted by Gasteiger charge is -2.58. The molecule has 1 amide bonds. The zero-order valence-corrected chi connectivity index (χ0v) is 22.5. The number of rotatable bonds is 5. The van der Waals surface area contributed by atoms with E-state index in [1.165, 1.54) is 12.1 Å². The van der Waals surface area contributed by atoms with Crippen LogP contribution in [0.3, 0.4) is 0 Å². The summed E-state index contributed by atoms with van der Waals surface area (Å²) in [4.78, 5) is 26.1. The van der Waals surface area contributed by atoms with Crippen molar-refractivity contribution in [3.05, 3.63) is 42.0 Å². The van der Waals surface area contributed by atoms with E-state index in [9.17, 15) is 22.7 Å². The summed E-state index contributed by atoms with van der Waals surface area (Å²) in [6.07, 6.45) is 7.22. The summed E-state index contributed by atoms with van der Waals surface area (Å²) in [5.74, 6) is 0.880. The highest BCUT2D eigenvalue weighted by Crippen LogP contribution is 2.55. The van der Waals surface area contributed by atoms with Crippen LogP contribution in [0, 0.1) is 23.6 Å². The molecule has 9 nitrogen and oxygen atoms in total. The first-order valence-corrected chi connectivity index (χ1v) is 15.3. The first-order chi connectivity index (χ1) is 18.0. The lowest BCUT2D eigenvalue weighted by molar-refractivity contribution is -0.136. The third-order valence-electron chi connectivity index (χ3n) is 8.99. The lowest BCUT2D eigenvalue weighted by atomic mass is 9.52. The molecule has 7 rings (SSSR count). The van der Waals surface area contributed by atoms with Crippen LogP contribution in [-0.2, 0) is 9.84 Å². The molecule has 4 saturated carbocycles. The quantitative estimate of drug-likeness (QED) is 0.591. The molecule has 1 aliphatic heterocycles. The van der Waals surface area contributed by atoms with Crippen molar-refractivity contribution in [3.63, 3.8) is 0 Å². The minimum Gasteiger partial charge on any atom is -0.390 e. The third-order valence-corrected chi connectivity index (χ3v) is 10.1. The van der Waals surface area contributed by atoms with Crippen molar-refractivity contribution in [3.8, 4) is 0 Å². The third kappa shape index (κ3) is 4.64. The maximum Gasteiger partial charge on any atom is 0.270 e. The Labute approximate surface area is 222 Å². The van der Waals surface area contributed by atoms with Gasteiger partial charge in [-0.1, -0.05) is 0 Å². The largest absolute Gasteiger partial charge is 0.390 e. The van der Waals surface area contributed by atoms with Crippen molar-refractivity contribution in [2.75, 3.05) is 35.7 Å². The second-order valence-electron chi connectivity index (χ2n) is 11.8. The number of nitrogens with one attached hydrogen (secondary N) is 1. The van der Waals surface area contributed by atoms with Gasteiger partial charge in [-0.05, 0) is 81.0 Å². The van der Waals surface area contributed by atoms with Crippen LogP contribution in [0.5, 0.6) is 0 Å². The highest BCUT2D eigenvalue weighted by Gasteiger charge is 2.55. The van der Waals surface area contributed by atoms with Gasteiger partial charge in [-0.3, -0.25) is 4.79 Å². The Hall–Kier alpha value is -2.79. The van der Waals surface area contributed by atoms with Crippen LogP contribution in [0.25, 0.3) is 0 Å². The monoisotopic (exact) mass is 543 g/mol. The van der Waals surface area contributed by atoms with Gasteiger partial charge in [-0.2, -0.15) is 0 Å². The van der Waals surface area contributed by atoms with Gasteiger partial charge < -0.3 is 20.2 Å². The number of aliphatic hydroxyl groups is 1. The highest BCUT2D eigenvalue weighted by molar-refractivity contribution is 7.90. The van der Waals surface area contributed by atoms with E-state index in [2.05, 4.69) is 15.3 Å². The smallest absolute Gasteiger partial charge is 0.270 e. The van der Waals surface area contributed by atoms with Crippen LogP contribution < -0.4 is 15.1 Å². The molecule has 4 bridgehead atoms. The summed E-state index contributed by atoms with van der Waals surface area (Å²) < 4.78 is 38.3. The van der Waals surface area contributed by atoms with Gasteiger partial charge in [0.1, 0.15) is 11.5 Å². The maximum atomic E-state index is 14.8. The summed E-state index contributed by atoms with van der Waals surface area (Å²) in [5, 5.41) is 14.1. The standard InChI is InChI=1S/C27H34FN5O4S/c1-16-15-32(23-4-3-20(11-21(23)28)38(2,36)37)7-8-33(16)26-29-6-5-22(30-26)25(34)31-24-18-9-17-10-19(24)14-27(35,12-17)13-18/h3-6,11,16-19,24,35H,7-10,12-15H2,1-2H3,(H,31,34)/t16-,17?,18?,19?,24?,27?/m0/s1. The molecule has 1 saturated heterocycles. The van der Waals surface area contributed by atoms with Crippen molar-refractivity contribution in [2.45, 2.75) is 61.6 Å². The molecule has 2 N–H and O–H groups in total. The van der Waals surface area contributed by atoms with E-state index in [0.717, 1.165) is 44.4 Å². The molecular weight excluding hydrogens is 509 g/mol. The van der Waals surface area contributed by atoms with E-state index in [0.29, 0.717) is 54.7 Å². The molecule has 5 fully saturated rings. The number of hydrogen-bond donors (Lipinski definition) is 2. The number of anilines is 2. The van der Waals surface area contributed by atoms with Crippen LogP contribution in [-0.4, -0.2) is 73.0 Å². The van der Waals surface area contributed by atoms with Gasteiger partial charge in [0.25, 0.3) is 5.91 Å². The molecule has 204 valence electrons. The van der Waals surface area contributed by atoms with E-state index in [1.807, 2.05) is 16.7 Å². The number of piperazine rings is 1. The summed E-state index contributed by atoms with van der Waals surface area (Å²) >= 11 is 0. The van der Waals surface area contributed by atoms with Crippen molar-refractivity contribution in [1.82, 2.24) is 15.3 Å². The molecule has 38 heavy (non-hydrogen) atoms. The van der Waals surface area contributed by atoms with E-state index in [4.69, 9.17) is 0 Å². The van der Waals surface area contributed by atoms with E-state index in [1.54, 1.807) is 12.3 Å². The summed E-state index contributed by atoms with van der Waals surface area (Å²) in [5.41, 5.74) is 0.134. The average Bonchev–Trinajstić information content (AvgIpc) is 2.84. The Kier molecular flexibility index (Phi) is 6.14. The van der Waals surface area contributed by atoms with Crippen molar-refractivity contribution < 1.29 is 22.7 Å². The van der Waals surface area contributed by atoms with Gasteiger partial charge in [0.15, 0.2) is 9.84 Å². The molecule has 2 heterocycles. The first kappa shape index (κ1) is 25.5. The first-order valence-electron chi connectivity index (χ1n) is 13.4. The van der Waals surface area contributed by atoms with E-state index in [-0.39, 0.29) is 22.9 Å². The molecule has 5 aliphatic rings. The number of carbonyl (C=O) groups is 1. The van der Waals surface area contributed by atoms with Crippen LogP contribution >= 0.6 is 0 Å². The van der Waals surface area contributed by atoms with Crippen LogP contribution in [0.15, 0.2) is 35.4 Å². The minimum atomic E-state index is -3.48. The normalized spacial score (nSPS) is 32.5. The predicted molar refractivity (Wildman–Crippen MR) is 140 cm³/mol. The Bertz CT molecular complexity index is 1350. The molecule has 0 radical (unpaired) electrons.